The highest BCUT2D eigenvalue weighted by Crippen LogP contribution is 2.21. The van der Waals surface area contributed by atoms with Crippen molar-refractivity contribution in [1.82, 2.24) is 10.2 Å². The van der Waals surface area contributed by atoms with Crippen molar-refractivity contribution >= 4 is 12.2 Å². The van der Waals surface area contributed by atoms with Crippen LogP contribution in [0.4, 0.5) is 9.59 Å². The van der Waals surface area contributed by atoms with Gasteiger partial charge < -0.3 is 24.8 Å². The standard InChI is InChI=1S/C18H26N2O5/c1-18(2,3)25-17(23)20-11-15(21)9-14(20)10-19-16(22)24-12-13-7-5-4-6-8-13/h4-8,14-15,21H,9-12H2,1-3H3,(H,19,22)/t14-,15-/m1/s1. The highest BCUT2D eigenvalue weighted by atomic mass is 16.6. The van der Waals surface area contributed by atoms with E-state index in [0.717, 1.165) is 5.56 Å². The summed E-state index contributed by atoms with van der Waals surface area (Å²) >= 11 is 0. The Morgan fingerprint density at radius 1 is 1.28 bits per heavy atom. The van der Waals surface area contributed by atoms with Gasteiger partial charge in [0.05, 0.1) is 18.7 Å². The molecular formula is C18H26N2O5. The Bertz CT molecular complexity index is 585. The van der Waals surface area contributed by atoms with Crippen molar-refractivity contribution in [2.45, 2.75) is 51.5 Å². The molecule has 0 aliphatic carbocycles. The topological polar surface area (TPSA) is 88.1 Å². The Balaban J connectivity index is 1.81. The van der Waals surface area contributed by atoms with E-state index in [1.54, 1.807) is 20.8 Å². The van der Waals surface area contributed by atoms with Gasteiger partial charge >= 0.3 is 12.2 Å². The van der Waals surface area contributed by atoms with Crippen LogP contribution >= 0.6 is 0 Å². The Labute approximate surface area is 147 Å². The lowest BCUT2D eigenvalue weighted by molar-refractivity contribution is 0.0206. The molecular weight excluding hydrogens is 324 g/mol. The second-order valence-electron chi connectivity index (χ2n) is 7.12. The second-order valence-corrected chi connectivity index (χ2v) is 7.12. The molecule has 1 fully saturated rings. The zero-order chi connectivity index (χ0) is 18.4. The number of alkyl carbamates (subject to hydrolysis) is 1. The molecule has 7 nitrogen and oxygen atoms in total. The predicted octanol–water partition coefficient (Wildman–Crippen LogP) is 2.28. The molecule has 7 heteroatoms. The molecule has 0 saturated carbocycles. The molecule has 2 rings (SSSR count). The van der Waals surface area contributed by atoms with E-state index in [0.29, 0.717) is 6.42 Å². The average molecular weight is 350 g/mol. The van der Waals surface area contributed by atoms with Crippen LogP contribution in [0.3, 0.4) is 0 Å². The number of likely N-dealkylation sites (tertiary alicyclic amines) is 1. The van der Waals surface area contributed by atoms with Crippen LogP contribution in [0, 0.1) is 0 Å². The number of carbonyl (C=O) groups excluding carboxylic acids is 2. The maximum atomic E-state index is 12.2. The van der Waals surface area contributed by atoms with Crippen LogP contribution in [0.1, 0.15) is 32.8 Å². The number of ether oxygens (including phenoxy) is 2. The Hall–Kier alpha value is -2.28. The number of carbonyl (C=O) groups is 2. The van der Waals surface area contributed by atoms with E-state index in [2.05, 4.69) is 5.32 Å². The number of β-amino-alcohol motifs (C(OH)–C–C–N with tert-alkyl or cyclic N) is 1. The van der Waals surface area contributed by atoms with Gasteiger partial charge in [-0.05, 0) is 32.8 Å². The van der Waals surface area contributed by atoms with Crippen molar-refractivity contribution < 1.29 is 24.2 Å². The van der Waals surface area contributed by atoms with Crippen molar-refractivity contribution in [3.8, 4) is 0 Å². The van der Waals surface area contributed by atoms with Gasteiger partial charge in [0, 0.05) is 6.54 Å². The van der Waals surface area contributed by atoms with E-state index in [9.17, 15) is 14.7 Å². The molecule has 1 aliphatic heterocycles. The summed E-state index contributed by atoms with van der Waals surface area (Å²) in [6.07, 6.45) is -1.29. The summed E-state index contributed by atoms with van der Waals surface area (Å²) < 4.78 is 10.5. The van der Waals surface area contributed by atoms with Gasteiger partial charge in [0.2, 0.25) is 0 Å². The first-order valence-electron chi connectivity index (χ1n) is 8.37. The van der Waals surface area contributed by atoms with E-state index in [1.165, 1.54) is 4.90 Å². The Morgan fingerprint density at radius 3 is 2.60 bits per heavy atom. The Morgan fingerprint density at radius 2 is 1.96 bits per heavy atom. The molecule has 25 heavy (non-hydrogen) atoms. The summed E-state index contributed by atoms with van der Waals surface area (Å²) in [5.41, 5.74) is 0.279. The summed E-state index contributed by atoms with van der Waals surface area (Å²) in [6, 6.07) is 9.04. The van der Waals surface area contributed by atoms with E-state index in [-0.39, 0.29) is 25.7 Å². The van der Waals surface area contributed by atoms with Crippen LogP contribution in [-0.4, -0.2) is 53.0 Å². The fourth-order valence-electron chi connectivity index (χ4n) is 2.60. The smallest absolute Gasteiger partial charge is 0.410 e. The number of benzene rings is 1. The number of nitrogens with zero attached hydrogens (tertiary/aromatic N) is 1. The van der Waals surface area contributed by atoms with Gasteiger partial charge in [-0.3, -0.25) is 0 Å². The summed E-state index contributed by atoms with van der Waals surface area (Å²) in [5, 5.41) is 12.5. The van der Waals surface area contributed by atoms with Crippen LogP contribution in [0.15, 0.2) is 30.3 Å². The fourth-order valence-corrected chi connectivity index (χ4v) is 2.60. The molecule has 1 heterocycles. The molecule has 138 valence electrons. The van der Waals surface area contributed by atoms with E-state index in [1.807, 2.05) is 30.3 Å². The minimum absolute atomic E-state index is 0.176. The molecule has 1 saturated heterocycles. The molecule has 2 amide bonds. The molecule has 0 unspecified atom stereocenters. The van der Waals surface area contributed by atoms with Crippen LogP contribution in [0.25, 0.3) is 0 Å². The number of nitrogens with one attached hydrogen (secondary N) is 1. The molecule has 1 aromatic carbocycles. The monoisotopic (exact) mass is 350 g/mol. The van der Waals surface area contributed by atoms with Crippen LogP contribution < -0.4 is 5.32 Å². The van der Waals surface area contributed by atoms with Crippen molar-refractivity contribution in [3.05, 3.63) is 35.9 Å². The normalized spacial score (nSPS) is 20.2. The van der Waals surface area contributed by atoms with Gasteiger partial charge in [0.25, 0.3) is 0 Å². The van der Waals surface area contributed by atoms with E-state index >= 15 is 0 Å². The number of rotatable bonds is 4. The summed E-state index contributed by atoms with van der Waals surface area (Å²) in [5.74, 6) is 0. The SMILES string of the molecule is CC(C)(C)OC(=O)N1C[C@H](O)C[C@@H]1CNC(=O)OCc1ccccc1. The highest BCUT2D eigenvalue weighted by Gasteiger charge is 2.36. The third kappa shape index (κ3) is 6.26. The average Bonchev–Trinajstić information content (AvgIpc) is 2.91. The number of hydrogen-bond donors (Lipinski definition) is 2. The zero-order valence-corrected chi connectivity index (χ0v) is 14.9. The van der Waals surface area contributed by atoms with Crippen LogP contribution in [0.2, 0.25) is 0 Å². The highest BCUT2D eigenvalue weighted by molar-refractivity contribution is 5.70. The number of aliphatic hydroxyl groups excluding tert-OH is 1. The maximum absolute atomic E-state index is 12.2. The molecule has 0 radical (unpaired) electrons. The molecule has 2 N–H and O–H groups in total. The molecule has 1 aliphatic rings. The maximum Gasteiger partial charge on any atom is 0.410 e. The summed E-state index contributed by atoms with van der Waals surface area (Å²) in [4.78, 5) is 25.5. The third-order valence-corrected chi connectivity index (χ3v) is 3.72. The largest absolute Gasteiger partial charge is 0.445 e. The van der Waals surface area contributed by atoms with Crippen molar-refractivity contribution in [3.63, 3.8) is 0 Å². The molecule has 0 spiro atoms. The lowest BCUT2D eigenvalue weighted by Gasteiger charge is -2.28. The first-order valence-corrected chi connectivity index (χ1v) is 8.37. The van der Waals surface area contributed by atoms with Crippen molar-refractivity contribution in [2.24, 2.45) is 0 Å². The number of aliphatic hydroxyl groups is 1. The predicted molar refractivity (Wildman–Crippen MR) is 92.0 cm³/mol. The molecule has 0 aromatic heterocycles. The van der Waals surface area contributed by atoms with Gasteiger partial charge in [-0.25, -0.2) is 9.59 Å². The first-order chi connectivity index (χ1) is 11.7. The molecule has 2 atom stereocenters. The van der Waals surface area contributed by atoms with Gasteiger partial charge in [-0.15, -0.1) is 0 Å². The lowest BCUT2D eigenvalue weighted by atomic mass is 10.2. The van der Waals surface area contributed by atoms with Crippen LogP contribution in [-0.2, 0) is 16.1 Å². The molecule has 0 bridgehead atoms. The van der Waals surface area contributed by atoms with Gasteiger partial charge in [-0.1, -0.05) is 30.3 Å². The van der Waals surface area contributed by atoms with Gasteiger partial charge in [0.15, 0.2) is 0 Å². The van der Waals surface area contributed by atoms with E-state index < -0.39 is 23.9 Å². The summed E-state index contributed by atoms with van der Waals surface area (Å²) in [6.45, 7) is 5.92. The minimum atomic E-state index is -0.625. The third-order valence-electron chi connectivity index (χ3n) is 3.72. The zero-order valence-electron chi connectivity index (χ0n) is 14.9. The number of amides is 2. The summed E-state index contributed by atoms with van der Waals surface area (Å²) in [7, 11) is 0. The second kappa shape index (κ2) is 8.20. The fraction of sp³-hybridized carbons (Fsp3) is 0.556. The Kier molecular flexibility index (Phi) is 6.25. The quantitative estimate of drug-likeness (QED) is 0.870. The first kappa shape index (κ1) is 19.1. The van der Waals surface area contributed by atoms with E-state index in [4.69, 9.17) is 9.47 Å². The lowest BCUT2D eigenvalue weighted by Crippen LogP contribution is -2.45. The molecule has 1 aromatic rings. The van der Waals surface area contributed by atoms with Gasteiger partial charge in [-0.2, -0.15) is 0 Å². The van der Waals surface area contributed by atoms with Crippen LogP contribution in [0.5, 0.6) is 0 Å². The number of hydrogen-bond acceptors (Lipinski definition) is 5. The van der Waals surface area contributed by atoms with Crippen molar-refractivity contribution in [1.29, 1.82) is 0 Å². The van der Waals surface area contributed by atoms with Crippen molar-refractivity contribution in [2.75, 3.05) is 13.1 Å². The van der Waals surface area contributed by atoms with Gasteiger partial charge in [0.1, 0.15) is 12.2 Å². The minimum Gasteiger partial charge on any atom is -0.445 e.